The van der Waals surface area contributed by atoms with Crippen LogP contribution in [-0.2, 0) is 0 Å². The van der Waals surface area contributed by atoms with E-state index in [2.05, 4.69) is 0 Å². The Morgan fingerprint density at radius 1 is 1.20 bits per heavy atom. The minimum atomic E-state index is -0.229. The Bertz CT molecular complexity index is 154. The van der Waals surface area contributed by atoms with Crippen LogP contribution in [0.25, 0.3) is 0 Å². The molecular formula is C6H12ClFN2+2. The normalized spacial score (nSPS) is 52.2. The zero-order valence-corrected chi connectivity index (χ0v) is 6.65. The van der Waals surface area contributed by atoms with Crippen LogP contribution in [0.5, 0.6) is 0 Å². The van der Waals surface area contributed by atoms with E-state index >= 15 is 0 Å². The Morgan fingerprint density at radius 2 is 1.80 bits per heavy atom. The van der Waals surface area contributed by atoms with Gasteiger partial charge in [-0.2, -0.15) is 0 Å². The van der Waals surface area contributed by atoms with Crippen molar-refractivity contribution in [3.63, 3.8) is 0 Å². The summed E-state index contributed by atoms with van der Waals surface area (Å²) in [6.07, 6.45) is 0. The Balaban J connectivity index is 2.19. The number of hydrogen-bond acceptors (Lipinski definition) is 0. The fourth-order valence-corrected chi connectivity index (χ4v) is 2.30. The van der Waals surface area contributed by atoms with Crippen molar-refractivity contribution in [1.82, 2.24) is 0 Å². The molecule has 2 bridgehead atoms. The van der Waals surface area contributed by atoms with E-state index in [1.165, 1.54) is 0 Å². The van der Waals surface area contributed by atoms with Crippen LogP contribution in [-0.4, -0.2) is 48.0 Å². The van der Waals surface area contributed by atoms with Crippen LogP contribution in [0.2, 0.25) is 0 Å². The van der Waals surface area contributed by atoms with Crippen LogP contribution >= 0.6 is 11.6 Å². The molecule has 2 aliphatic heterocycles. The van der Waals surface area contributed by atoms with Gasteiger partial charge in [0.15, 0.2) is 19.1 Å². The predicted octanol–water partition coefficient (Wildman–Crippen LogP) is 0.685. The van der Waals surface area contributed by atoms with Crippen LogP contribution in [0.4, 0.5) is 4.48 Å². The molecule has 2 saturated heterocycles. The van der Waals surface area contributed by atoms with Gasteiger partial charge >= 0.3 is 0 Å². The molecule has 0 aromatic carbocycles. The maximum atomic E-state index is 13.4. The quantitative estimate of drug-likeness (QED) is 0.233. The van der Waals surface area contributed by atoms with E-state index in [0.717, 1.165) is 17.6 Å². The van der Waals surface area contributed by atoms with Gasteiger partial charge in [0.1, 0.15) is 13.1 Å². The summed E-state index contributed by atoms with van der Waals surface area (Å²) >= 11 is 5.75. The minimum Gasteiger partial charge on any atom is -0.252 e. The molecule has 0 aromatic heterocycles. The number of quaternary nitrogens is 2. The highest BCUT2D eigenvalue weighted by Crippen LogP contribution is 2.31. The summed E-state index contributed by atoms with van der Waals surface area (Å²) in [5.74, 6) is 0. The lowest BCUT2D eigenvalue weighted by Crippen LogP contribution is -2.44. The molecular weight excluding hydrogens is 155 g/mol. The van der Waals surface area contributed by atoms with Gasteiger partial charge in [0.25, 0.3) is 0 Å². The topological polar surface area (TPSA) is 0 Å². The molecule has 2 fully saturated rings. The number of halogens is 2. The van der Waals surface area contributed by atoms with E-state index in [1.807, 2.05) is 0 Å². The first-order valence-corrected chi connectivity index (χ1v) is 4.18. The monoisotopic (exact) mass is 166 g/mol. The van der Waals surface area contributed by atoms with Gasteiger partial charge in [-0.1, -0.05) is 16.3 Å². The van der Waals surface area contributed by atoms with Crippen LogP contribution in [0.15, 0.2) is 0 Å². The maximum Gasteiger partial charge on any atom is 0.244 e. The number of piperazine rings is 1. The highest BCUT2D eigenvalue weighted by atomic mass is 35.5. The molecule has 0 aromatic rings. The Morgan fingerprint density at radius 3 is 2.00 bits per heavy atom. The highest BCUT2D eigenvalue weighted by molar-refractivity contribution is 6.17. The van der Waals surface area contributed by atoms with Gasteiger partial charge in [-0.3, -0.25) is 4.48 Å². The summed E-state index contributed by atoms with van der Waals surface area (Å²) in [5, 5.41) is 0. The van der Waals surface area contributed by atoms with E-state index < -0.39 is 0 Å². The number of fused-ring (bicyclic) bond motifs is 2. The van der Waals surface area contributed by atoms with Crippen molar-refractivity contribution >= 4 is 11.6 Å². The van der Waals surface area contributed by atoms with Gasteiger partial charge in [0, 0.05) is 4.48 Å². The van der Waals surface area contributed by atoms with Crippen LogP contribution < -0.4 is 0 Å². The molecule has 0 unspecified atom stereocenters. The Labute approximate surface area is 64.9 Å². The predicted molar refractivity (Wildman–Crippen MR) is 36.7 cm³/mol. The summed E-state index contributed by atoms with van der Waals surface area (Å²) in [4.78, 5) is 0. The smallest absolute Gasteiger partial charge is 0.244 e. The minimum absolute atomic E-state index is 0.229. The first-order valence-electron chi connectivity index (χ1n) is 3.65. The number of hydrogen-bond donors (Lipinski definition) is 0. The lowest BCUT2D eigenvalue weighted by atomic mass is 10.4. The van der Waals surface area contributed by atoms with Crippen LogP contribution in [0.1, 0.15) is 0 Å². The largest absolute Gasteiger partial charge is 0.252 e. The van der Waals surface area contributed by atoms with Crippen molar-refractivity contribution in [2.24, 2.45) is 0 Å². The van der Waals surface area contributed by atoms with Crippen LogP contribution in [0.3, 0.4) is 0 Å². The van der Waals surface area contributed by atoms with E-state index in [-0.39, 0.29) is 4.71 Å². The van der Waals surface area contributed by atoms with Crippen molar-refractivity contribution in [3.8, 4) is 0 Å². The zero-order chi connectivity index (χ0) is 7.24. The van der Waals surface area contributed by atoms with Crippen molar-refractivity contribution in [3.05, 3.63) is 0 Å². The van der Waals surface area contributed by atoms with E-state index in [1.54, 1.807) is 0 Å². The van der Waals surface area contributed by atoms with Gasteiger partial charge in [-0.25, -0.2) is 0 Å². The maximum absolute atomic E-state index is 13.4. The third-order valence-corrected chi connectivity index (χ3v) is 3.26. The van der Waals surface area contributed by atoms with Crippen molar-refractivity contribution in [1.29, 1.82) is 0 Å². The van der Waals surface area contributed by atoms with E-state index in [4.69, 9.17) is 11.6 Å². The summed E-state index contributed by atoms with van der Waals surface area (Å²) in [5.41, 5.74) is 0. The molecule has 58 valence electrons. The van der Waals surface area contributed by atoms with Gasteiger partial charge in [-0.05, 0) is 0 Å². The second kappa shape index (κ2) is 1.84. The standard InChI is InChI=1S/C6H12ClFN2/c7-5-9-1-3-10(8,6-9)4-2-9/h1-6H2/q+2. The molecule has 2 aliphatic rings. The van der Waals surface area contributed by atoms with E-state index in [9.17, 15) is 4.48 Å². The molecule has 0 atom stereocenters. The summed E-state index contributed by atoms with van der Waals surface area (Å²) in [6.45, 7) is 3.82. The zero-order valence-electron chi connectivity index (χ0n) is 5.89. The average molecular weight is 167 g/mol. The molecule has 0 amide bonds. The molecule has 2 heterocycles. The molecule has 2 nitrogen and oxygen atoms in total. The molecule has 0 spiro atoms. The van der Waals surface area contributed by atoms with Crippen molar-refractivity contribution < 1.29 is 13.7 Å². The lowest BCUT2D eigenvalue weighted by molar-refractivity contribution is -1.07. The first-order chi connectivity index (χ1) is 4.68. The number of alkyl halides is 1. The molecule has 0 saturated carbocycles. The Hall–Kier alpha value is 0.140. The molecule has 4 heteroatoms. The fourth-order valence-electron chi connectivity index (χ4n) is 1.98. The third-order valence-electron chi connectivity index (χ3n) is 2.76. The first kappa shape index (κ1) is 6.83. The Kier molecular flexibility index (Phi) is 1.26. The molecule has 0 radical (unpaired) electrons. The van der Waals surface area contributed by atoms with Crippen molar-refractivity contribution in [2.45, 2.75) is 0 Å². The average Bonchev–Trinajstić information content (AvgIpc) is 2.42. The van der Waals surface area contributed by atoms with E-state index in [0.29, 0.717) is 25.8 Å². The van der Waals surface area contributed by atoms with Gasteiger partial charge in [0.05, 0.1) is 0 Å². The fraction of sp³-hybridized carbons (Fsp3) is 1.00. The number of rotatable bonds is 1. The van der Waals surface area contributed by atoms with Crippen LogP contribution in [0, 0.1) is 0 Å². The SMILES string of the molecule is F[N+]12CC[N+](CCl)(CC1)C2. The van der Waals surface area contributed by atoms with Crippen molar-refractivity contribution in [2.75, 3.05) is 38.9 Å². The third kappa shape index (κ3) is 0.775. The van der Waals surface area contributed by atoms with Gasteiger partial charge < -0.3 is 0 Å². The molecule has 0 aliphatic carbocycles. The van der Waals surface area contributed by atoms with Gasteiger partial charge in [0.2, 0.25) is 6.67 Å². The molecule has 2 rings (SSSR count). The van der Waals surface area contributed by atoms with Gasteiger partial charge in [-0.15, -0.1) is 0 Å². The summed E-state index contributed by atoms with van der Waals surface area (Å²) < 4.78 is 14.0. The second-order valence-corrected chi connectivity index (χ2v) is 3.77. The highest BCUT2D eigenvalue weighted by Gasteiger charge is 2.57. The second-order valence-electron chi connectivity index (χ2n) is 3.53. The summed E-state index contributed by atoms with van der Waals surface area (Å²) in [6, 6.07) is 0.587. The molecule has 0 N–H and O–H groups in total. The molecule has 10 heavy (non-hydrogen) atoms. The number of nitrogens with zero attached hydrogens (tertiary/aromatic N) is 2. The lowest BCUT2D eigenvalue weighted by Gasteiger charge is -2.22. The summed E-state index contributed by atoms with van der Waals surface area (Å²) in [7, 11) is 0.